The quantitative estimate of drug-likeness (QED) is 0.618. The fraction of sp³-hybridized carbons (Fsp3) is 0.150. The van der Waals surface area contributed by atoms with E-state index in [4.69, 9.17) is 0 Å². The van der Waals surface area contributed by atoms with Crippen LogP contribution in [0.15, 0.2) is 59.7 Å². The predicted octanol–water partition coefficient (Wildman–Crippen LogP) is 3.48. The first-order valence-corrected chi connectivity index (χ1v) is 8.68. The molecule has 31 heavy (non-hydrogen) atoms. The van der Waals surface area contributed by atoms with Gasteiger partial charge in [-0.1, -0.05) is 6.07 Å². The fourth-order valence-corrected chi connectivity index (χ4v) is 2.77. The highest BCUT2D eigenvalue weighted by molar-refractivity contribution is 5.94. The van der Waals surface area contributed by atoms with Gasteiger partial charge < -0.3 is 14.6 Å². The van der Waals surface area contributed by atoms with Crippen LogP contribution in [0.3, 0.4) is 0 Å². The Morgan fingerprint density at radius 1 is 1.13 bits per heavy atom. The van der Waals surface area contributed by atoms with Crippen molar-refractivity contribution in [2.24, 2.45) is 7.05 Å². The van der Waals surface area contributed by atoms with Gasteiger partial charge in [0.1, 0.15) is 11.5 Å². The number of benzene rings is 1. The smallest absolute Gasteiger partial charge is 0.403 e. The van der Waals surface area contributed by atoms with Crippen molar-refractivity contribution in [2.75, 3.05) is 0 Å². The van der Waals surface area contributed by atoms with Gasteiger partial charge in [-0.3, -0.25) is 14.6 Å². The van der Waals surface area contributed by atoms with Crippen LogP contribution in [0.1, 0.15) is 27.7 Å². The molecule has 0 saturated heterocycles. The van der Waals surface area contributed by atoms with E-state index in [-0.39, 0.29) is 22.4 Å². The summed E-state index contributed by atoms with van der Waals surface area (Å²) in [4.78, 5) is 28.0. The molecule has 1 aromatic carbocycles. The number of rotatable bonds is 5. The van der Waals surface area contributed by atoms with Gasteiger partial charge in [-0.05, 0) is 35.9 Å². The van der Waals surface area contributed by atoms with E-state index < -0.39 is 35.7 Å². The number of nitrogens with one attached hydrogen (secondary N) is 1. The Bertz CT molecular complexity index is 1180. The number of alkyl halides is 3. The van der Waals surface area contributed by atoms with Crippen molar-refractivity contribution in [1.82, 2.24) is 14.9 Å². The van der Waals surface area contributed by atoms with Gasteiger partial charge in [0.25, 0.3) is 5.91 Å². The molecule has 162 valence electrons. The number of carbonyl (C=O) groups is 1. The number of aromatic nitrogens is 2. The van der Waals surface area contributed by atoms with Crippen molar-refractivity contribution in [2.45, 2.75) is 12.4 Å². The lowest BCUT2D eigenvalue weighted by Gasteiger charge is -2.20. The van der Waals surface area contributed by atoms with Crippen LogP contribution in [-0.4, -0.2) is 21.8 Å². The SMILES string of the molecule is Cn1cc(C(=O)NC(c2ccc(OC(F)(F)F)c(F)c2)c2ncccc2F)ccc1=O. The van der Waals surface area contributed by atoms with E-state index in [0.717, 1.165) is 22.8 Å². The van der Waals surface area contributed by atoms with Crippen LogP contribution in [0, 0.1) is 11.6 Å². The van der Waals surface area contributed by atoms with Crippen molar-refractivity contribution in [3.63, 3.8) is 0 Å². The molecule has 0 bridgehead atoms. The van der Waals surface area contributed by atoms with Gasteiger partial charge >= 0.3 is 6.36 Å². The Morgan fingerprint density at radius 2 is 1.87 bits per heavy atom. The van der Waals surface area contributed by atoms with E-state index in [1.165, 1.54) is 31.6 Å². The van der Waals surface area contributed by atoms with Crippen LogP contribution in [0.2, 0.25) is 0 Å². The average molecular weight is 439 g/mol. The lowest BCUT2D eigenvalue weighted by Crippen LogP contribution is -2.31. The highest BCUT2D eigenvalue weighted by Crippen LogP contribution is 2.30. The second-order valence-corrected chi connectivity index (χ2v) is 6.38. The highest BCUT2D eigenvalue weighted by Gasteiger charge is 2.33. The van der Waals surface area contributed by atoms with E-state index in [9.17, 15) is 31.5 Å². The zero-order valence-corrected chi connectivity index (χ0v) is 15.8. The highest BCUT2D eigenvalue weighted by atomic mass is 19.4. The maximum atomic E-state index is 14.4. The molecule has 11 heteroatoms. The summed E-state index contributed by atoms with van der Waals surface area (Å²) in [6.07, 6.45) is -2.63. The molecular formula is C20H14F5N3O3. The predicted molar refractivity (Wildman–Crippen MR) is 98.3 cm³/mol. The summed E-state index contributed by atoms with van der Waals surface area (Å²) in [5.74, 6) is -4.03. The van der Waals surface area contributed by atoms with E-state index in [1.54, 1.807) is 0 Å². The summed E-state index contributed by atoms with van der Waals surface area (Å²) >= 11 is 0. The normalized spacial score (nSPS) is 12.3. The Kier molecular flexibility index (Phi) is 6.04. The number of aryl methyl sites for hydroxylation is 1. The fourth-order valence-electron chi connectivity index (χ4n) is 2.77. The average Bonchev–Trinajstić information content (AvgIpc) is 2.69. The van der Waals surface area contributed by atoms with Crippen molar-refractivity contribution in [3.8, 4) is 5.75 Å². The van der Waals surface area contributed by atoms with Gasteiger partial charge in [-0.15, -0.1) is 13.2 Å². The summed E-state index contributed by atoms with van der Waals surface area (Å²) in [6, 6.07) is 5.84. The largest absolute Gasteiger partial charge is 0.573 e. The molecule has 3 aromatic rings. The number of amides is 1. The number of hydrogen-bond acceptors (Lipinski definition) is 4. The standard InChI is InChI=1S/C20H14F5N3O3/c1-28-10-12(5-7-16(28)29)19(30)27-17(18-13(21)3-2-8-26-18)11-4-6-15(14(22)9-11)31-20(23,24)25/h2-10,17H,1H3,(H,27,30). The third-order valence-electron chi connectivity index (χ3n) is 4.20. The molecule has 1 amide bonds. The van der Waals surface area contributed by atoms with Crippen molar-refractivity contribution in [1.29, 1.82) is 0 Å². The van der Waals surface area contributed by atoms with Gasteiger partial charge in [0.05, 0.1) is 11.6 Å². The van der Waals surface area contributed by atoms with E-state index in [0.29, 0.717) is 12.1 Å². The number of carbonyl (C=O) groups excluding carboxylic acids is 1. The van der Waals surface area contributed by atoms with Crippen LogP contribution in [0.4, 0.5) is 22.0 Å². The summed E-state index contributed by atoms with van der Waals surface area (Å²) in [5.41, 5.74) is -0.695. The Labute approximate surface area is 171 Å². The van der Waals surface area contributed by atoms with E-state index in [1.807, 2.05) is 0 Å². The number of ether oxygens (including phenoxy) is 1. The molecule has 0 radical (unpaired) electrons. The summed E-state index contributed by atoms with van der Waals surface area (Å²) in [5, 5.41) is 2.46. The Hall–Kier alpha value is -3.76. The molecule has 1 atom stereocenters. The first-order chi connectivity index (χ1) is 14.5. The molecule has 0 aliphatic rings. The van der Waals surface area contributed by atoms with Crippen LogP contribution in [0.5, 0.6) is 5.75 Å². The number of nitrogens with zero attached hydrogens (tertiary/aromatic N) is 2. The maximum Gasteiger partial charge on any atom is 0.573 e. The van der Waals surface area contributed by atoms with E-state index >= 15 is 0 Å². The van der Waals surface area contributed by atoms with Crippen molar-refractivity contribution < 1.29 is 31.5 Å². The molecule has 2 heterocycles. The topological polar surface area (TPSA) is 73.2 Å². The molecule has 2 aromatic heterocycles. The second-order valence-electron chi connectivity index (χ2n) is 6.38. The molecule has 0 aliphatic carbocycles. The molecule has 0 saturated carbocycles. The Morgan fingerprint density at radius 3 is 2.48 bits per heavy atom. The van der Waals surface area contributed by atoms with Gasteiger partial charge in [0.15, 0.2) is 11.6 Å². The number of pyridine rings is 2. The molecule has 1 N–H and O–H groups in total. The minimum absolute atomic E-state index is 0.0425. The zero-order chi connectivity index (χ0) is 22.8. The molecule has 1 unspecified atom stereocenters. The van der Waals surface area contributed by atoms with Gasteiger partial charge in [-0.2, -0.15) is 0 Å². The maximum absolute atomic E-state index is 14.4. The molecule has 6 nitrogen and oxygen atoms in total. The first kappa shape index (κ1) is 21.9. The second kappa shape index (κ2) is 8.54. The molecule has 0 spiro atoms. The van der Waals surface area contributed by atoms with Crippen LogP contribution < -0.4 is 15.6 Å². The lowest BCUT2D eigenvalue weighted by molar-refractivity contribution is -0.275. The molecule has 0 fully saturated rings. The monoisotopic (exact) mass is 439 g/mol. The third kappa shape index (κ3) is 5.24. The molecule has 0 aliphatic heterocycles. The van der Waals surface area contributed by atoms with Crippen molar-refractivity contribution >= 4 is 5.91 Å². The first-order valence-electron chi connectivity index (χ1n) is 8.68. The van der Waals surface area contributed by atoms with Crippen LogP contribution in [0.25, 0.3) is 0 Å². The van der Waals surface area contributed by atoms with Crippen LogP contribution >= 0.6 is 0 Å². The number of halogens is 5. The summed E-state index contributed by atoms with van der Waals surface area (Å²) in [6.45, 7) is 0. The summed E-state index contributed by atoms with van der Waals surface area (Å²) < 4.78 is 70.5. The molecular weight excluding hydrogens is 425 g/mol. The third-order valence-corrected chi connectivity index (χ3v) is 4.20. The van der Waals surface area contributed by atoms with Gasteiger partial charge in [0, 0.05) is 25.5 Å². The van der Waals surface area contributed by atoms with E-state index in [2.05, 4.69) is 15.0 Å². The Balaban J connectivity index is 2.00. The van der Waals surface area contributed by atoms with Crippen molar-refractivity contribution in [3.05, 3.63) is 93.7 Å². The number of hydrogen-bond donors (Lipinski definition) is 1. The lowest BCUT2D eigenvalue weighted by atomic mass is 10.0. The summed E-state index contributed by atoms with van der Waals surface area (Å²) in [7, 11) is 1.42. The van der Waals surface area contributed by atoms with Gasteiger partial charge in [-0.25, -0.2) is 8.78 Å². The minimum atomic E-state index is -5.10. The zero-order valence-electron chi connectivity index (χ0n) is 15.8. The molecule has 3 rings (SSSR count). The van der Waals surface area contributed by atoms with Gasteiger partial charge in [0.2, 0.25) is 5.56 Å². The van der Waals surface area contributed by atoms with Crippen LogP contribution in [-0.2, 0) is 7.05 Å². The minimum Gasteiger partial charge on any atom is -0.403 e.